The summed E-state index contributed by atoms with van der Waals surface area (Å²) < 4.78 is 0.936. The lowest BCUT2D eigenvalue weighted by Crippen LogP contribution is -2.52. The zero-order valence-corrected chi connectivity index (χ0v) is 23.8. The molecule has 0 radical (unpaired) electrons. The molecule has 0 unspecified atom stereocenters. The van der Waals surface area contributed by atoms with Gasteiger partial charge in [0, 0.05) is 34.3 Å². The van der Waals surface area contributed by atoms with Crippen LogP contribution in [0.15, 0.2) is 83.3 Å². The van der Waals surface area contributed by atoms with Crippen LogP contribution >= 0.6 is 39.3 Å². The lowest BCUT2D eigenvalue weighted by atomic mass is 10.0. The number of halogens is 2. The molecule has 3 aromatic carbocycles. The third kappa shape index (κ3) is 8.99. The molecule has 4 nitrogen and oxygen atoms in total. The molecule has 0 aliphatic carbocycles. The van der Waals surface area contributed by atoms with Crippen molar-refractivity contribution in [2.24, 2.45) is 0 Å². The van der Waals surface area contributed by atoms with Crippen LogP contribution in [0.1, 0.15) is 37.0 Å². The fourth-order valence-corrected chi connectivity index (χ4v) is 5.31. The predicted octanol–water partition coefficient (Wildman–Crippen LogP) is 6.89. The van der Waals surface area contributed by atoms with Crippen molar-refractivity contribution >= 4 is 51.1 Å². The minimum atomic E-state index is -0.625. The number of carbonyl (C=O) groups excluding carboxylic acids is 2. The van der Waals surface area contributed by atoms with Crippen molar-refractivity contribution in [1.29, 1.82) is 0 Å². The largest absolute Gasteiger partial charge is 0.352 e. The van der Waals surface area contributed by atoms with Gasteiger partial charge in [-0.3, -0.25) is 9.59 Å². The number of benzene rings is 3. The fourth-order valence-electron chi connectivity index (χ4n) is 3.79. The van der Waals surface area contributed by atoms with Gasteiger partial charge in [-0.05, 0) is 54.3 Å². The Labute approximate surface area is 231 Å². The lowest BCUT2D eigenvalue weighted by molar-refractivity contribution is -0.139. The summed E-state index contributed by atoms with van der Waals surface area (Å²) in [5.74, 6) is 0.737. The Bertz CT molecular complexity index is 1140. The van der Waals surface area contributed by atoms with Gasteiger partial charge in [0.25, 0.3) is 0 Å². The van der Waals surface area contributed by atoms with Crippen LogP contribution in [0.3, 0.4) is 0 Å². The van der Waals surface area contributed by atoms with Gasteiger partial charge in [-0.1, -0.05) is 89.1 Å². The number of hydrogen-bond donors (Lipinski definition) is 1. The minimum Gasteiger partial charge on any atom is -0.352 e. The van der Waals surface area contributed by atoms with Crippen LogP contribution in [0.5, 0.6) is 0 Å². The van der Waals surface area contributed by atoms with Gasteiger partial charge in [-0.15, -0.1) is 11.8 Å². The summed E-state index contributed by atoms with van der Waals surface area (Å²) in [6.07, 6.45) is 1.26. The van der Waals surface area contributed by atoms with Crippen LogP contribution in [-0.4, -0.2) is 34.6 Å². The first kappa shape index (κ1) is 28.3. The van der Waals surface area contributed by atoms with Gasteiger partial charge in [0.05, 0.1) is 5.75 Å². The molecule has 0 aromatic heterocycles. The molecule has 0 saturated carbocycles. The summed E-state index contributed by atoms with van der Waals surface area (Å²) in [6.45, 7) is 4.37. The Balaban J connectivity index is 1.85. The summed E-state index contributed by atoms with van der Waals surface area (Å²) in [5, 5.41) is 3.79. The van der Waals surface area contributed by atoms with E-state index in [1.165, 1.54) is 11.8 Å². The van der Waals surface area contributed by atoms with Crippen molar-refractivity contribution < 1.29 is 9.59 Å². The third-order valence-electron chi connectivity index (χ3n) is 5.90. The second-order valence-electron chi connectivity index (χ2n) is 8.80. The molecule has 0 spiro atoms. The second kappa shape index (κ2) is 14.5. The number of thioether (sulfide) groups is 1. The average molecular weight is 588 g/mol. The van der Waals surface area contributed by atoms with Crippen LogP contribution < -0.4 is 5.32 Å². The topological polar surface area (TPSA) is 49.4 Å². The molecule has 7 heteroatoms. The summed E-state index contributed by atoms with van der Waals surface area (Å²) in [7, 11) is 0. The van der Waals surface area contributed by atoms with Crippen molar-refractivity contribution in [1.82, 2.24) is 10.2 Å². The van der Waals surface area contributed by atoms with Gasteiger partial charge >= 0.3 is 0 Å². The third-order valence-corrected chi connectivity index (χ3v) is 7.61. The fraction of sp³-hybridized carbons (Fsp3) is 0.310. The number of hydrogen-bond acceptors (Lipinski definition) is 3. The van der Waals surface area contributed by atoms with E-state index in [0.717, 1.165) is 27.6 Å². The maximum absolute atomic E-state index is 13.7. The van der Waals surface area contributed by atoms with E-state index in [1.807, 2.05) is 92.7 Å². The summed E-state index contributed by atoms with van der Waals surface area (Å²) in [4.78, 5) is 28.9. The van der Waals surface area contributed by atoms with Crippen molar-refractivity contribution in [2.45, 2.75) is 51.1 Å². The van der Waals surface area contributed by atoms with Gasteiger partial charge in [0.2, 0.25) is 11.8 Å². The van der Waals surface area contributed by atoms with Crippen LogP contribution in [0.2, 0.25) is 5.02 Å². The van der Waals surface area contributed by atoms with Gasteiger partial charge in [0.1, 0.15) is 6.04 Å². The van der Waals surface area contributed by atoms with Gasteiger partial charge in [-0.2, -0.15) is 0 Å². The smallest absolute Gasteiger partial charge is 0.243 e. The Morgan fingerprint density at radius 3 is 2.36 bits per heavy atom. The first-order chi connectivity index (χ1) is 17.4. The number of carbonyl (C=O) groups is 2. The van der Waals surface area contributed by atoms with E-state index in [1.54, 1.807) is 4.90 Å². The molecule has 0 fully saturated rings. The van der Waals surface area contributed by atoms with Crippen LogP contribution in [0.25, 0.3) is 0 Å². The molecular formula is C29H32BrClN2O2S. The molecule has 1 N–H and O–H groups in total. The van der Waals surface area contributed by atoms with Crippen LogP contribution in [0, 0.1) is 0 Å². The molecule has 190 valence electrons. The van der Waals surface area contributed by atoms with Crippen LogP contribution in [-0.2, 0) is 28.3 Å². The maximum atomic E-state index is 13.7. The summed E-state index contributed by atoms with van der Waals surface area (Å²) in [5.41, 5.74) is 3.04. The van der Waals surface area contributed by atoms with Gasteiger partial charge < -0.3 is 10.2 Å². The SMILES string of the molecule is CC[C@@H](C)NC(=O)[C@@H](Cc1ccccc1)N(Cc1cccc(Br)c1)C(=O)CSCc1cccc(Cl)c1. The van der Waals surface area contributed by atoms with E-state index in [9.17, 15) is 9.59 Å². The minimum absolute atomic E-state index is 0.0239. The van der Waals surface area contributed by atoms with E-state index in [4.69, 9.17) is 11.6 Å². The monoisotopic (exact) mass is 586 g/mol. The molecule has 0 aliphatic heterocycles. The summed E-state index contributed by atoms with van der Waals surface area (Å²) in [6, 6.07) is 24.8. The predicted molar refractivity (Wildman–Crippen MR) is 154 cm³/mol. The van der Waals surface area contributed by atoms with E-state index in [0.29, 0.717) is 23.7 Å². The van der Waals surface area contributed by atoms with E-state index >= 15 is 0 Å². The average Bonchev–Trinajstić information content (AvgIpc) is 2.86. The Kier molecular flexibility index (Phi) is 11.4. The van der Waals surface area contributed by atoms with Gasteiger partial charge in [0.15, 0.2) is 0 Å². The quantitative estimate of drug-likeness (QED) is 0.251. The van der Waals surface area contributed by atoms with Gasteiger partial charge in [-0.25, -0.2) is 0 Å². The van der Waals surface area contributed by atoms with Crippen molar-refractivity contribution in [3.05, 3.63) is 105 Å². The highest BCUT2D eigenvalue weighted by Gasteiger charge is 2.30. The highest BCUT2D eigenvalue weighted by atomic mass is 79.9. The van der Waals surface area contributed by atoms with Crippen molar-refractivity contribution in [2.75, 3.05) is 5.75 Å². The maximum Gasteiger partial charge on any atom is 0.243 e. The molecule has 0 heterocycles. The first-order valence-corrected chi connectivity index (χ1v) is 14.4. The Morgan fingerprint density at radius 1 is 0.972 bits per heavy atom. The van der Waals surface area contributed by atoms with E-state index in [2.05, 4.69) is 21.2 Å². The zero-order chi connectivity index (χ0) is 25.9. The molecule has 2 atom stereocenters. The normalized spacial score (nSPS) is 12.6. The first-order valence-electron chi connectivity index (χ1n) is 12.1. The highest BCUT2D eigenvalue weighted by Crippen LogP contribution is 2.21. The molecule has 2 amide bonds. The molecular weight excluding hydrogens is 556 g/mol. The van der Waals surface area contributed by atoms with E-state index < -0.39 is 6.04 Å². The van der Waals surface area contributed by atoms with Crippen molar-refractivity contribution in [3.63, 3.8) is 0 Å². The van der Waals surface area contributed by atoms with Crippen LogP contribution in [0.4, 0.5) is 0 Å². The zero-order valence-electron chi connectivity index (χ0n) is 20.6. The molecule has 3 rings (SSSR count). The standard InChI is InChI=1S/C29H32BrClN2O2S/c1-3-21(2)32-29(35)27(17-22-9-5-4-6-10-22)33(18-23-11-7-13-25(30)15-23)28(34)20-36-19-24-12-8-14-26(31)16-24/h4-16,21,27H,3,17-20H2,1-2H3,(H,32,35)/t21-,27-/m1/s1. The second-order valence-corrected chi connectivity index (χ2v) is 11.1. The number of amides is 2. The number of nitrogens with one attached hydrogen (secondary N) is 1. The Hall–Kier alpha value is -2.28. The Morgan fingerprint density at radius 2 is 1.67 bits per heavy atom. The molecule has 0 bridgehead atoms. The molecule has 0 aliphatic rings. The number of nitrogens with zero attached hydrogens (tertiary/aromatic N) is 1. The molecule has 3 aromatic rings. The highest BCUT2D eigenvalue weighted by molar-refractivity contribution is 9.10. The molecule has 36 heavy (non-hydrogen) atoms. The molecule has 0 saturated heterocycles. The van der Waals surface area contributed by atoms with E-state index in [-0.39, 0.29) is 23.6 Å². The lowest BCUT2D eigenvalue weighted by Gasteiger charge is -2.32. The summed E-state index contributed by atoms with van der Waals surface area (Å²) >= 11 is 11.2. The van der Waals surface area contributed by atoms with Crippen molar-refractivity contribution in [3.8, 4) is 0 Å². The number of rotatable bonds is 12.